The minimum Gasteiger partial charge on any atom is -0.481 e. The van der Waals surface area contributed by atoms with Gasteiger partial charge in [-0.05, 0) is 51.1 Å². The van der Waals surface area contributed by atoms with Crippen LogP contribution in [0.5, 0.6) is 5.75 Å². The van der Waals surface area contributed by atoms with Crippen LogP contribution >= 0.6 is 11.8 Å². The van der Waals surface area contributed by atoms with Crippen LogP contribution in [0.15, 0.2) is 30.3 Å². The number of benzene rings is 1. The summed E-state index contributed by atoms with van der Waals surface area (Å²) < 4.78 is 30.8. The molecule has 0 aliphatic rings. The fraction of sp³-hybridized carbons (Fsp3) is 0.368. The van der Waals surface area contributed by atoms with Gasteiger partial charge in [-0.3, -0.25) is 9.59 Å². The largest absolute Gasteiger partial charge is 0.481 e. The van der Waals surface area contributed by atoms with E-state index in [2.05, 4.69) is 4.74 Å². The Morgan fingerprint density at radius 2 is 1.85 bits per heavy atom. The molecule has 0 spiro atoms. The summed E-state index contributed by atoms with van der Waals surface area (Å²) in [4.78, 5) is 23.3. The van der Waals surface area contributed by atoms with Gasteiger partial charge in [0.25, 0.3) is 0 Å². The molecule has 146 valence electrons. The van der Waals surface area contributed by atoms with E-state index in [1.807, 2.05) is 18.4 Å². The standard InChI is InChI=1S/C19H21F2NO4S/c1-11-10-16(18(25)13(3)27-9-8-17(23)24)12(2)22(11)14-4-6-15(7-5-14)26-19(20)21/h4-7,10,13,19H,8-9H2,1-3H3,(H,23,24)/t13-/m1/s1. The van der Waals surface area contributed by atoms with Crippen molar-refractivity contribution in [3.63, 3.8) is 0 Å². The first-order valence-corrected chi connectivity index (χ1v) is 9.37. The first-order valence-electron chi connectivity index (χ1n) is 8.32. The van der Waals surface area contributed by atoms with E-state index in [1.165, 1.54) is 23.9 Å². The molecule has 0 saturated heterocycles. The van der Waals surface area contributed by atoms with Crippen molar-refractivity contribution in [3.05, 3.63) is 47.3 Å². The van der Waals surface area contributed by atoms with E-state index in [4.69, 9.17) is 5.11 Å². The van der Waals surface area contributed by atoms with Gasteiger partial charge in [-0.1, -0.05) is 0 Å². The summed E-state index contributed by atoms with van der Waals surface area (Å²) in [5.74, 6) is -0.523. The molecule has 1 heterocycles. The van der Waals surface area contributed by atoms with E-state index >= 15 is 0 Å². The first kappa shape index (κ1) is 21.0. The number of aromatic nitrogens is 1. The van der Waals surface area contributed by atoms with Gasteiger partial charge in [-0.2, -0.15) is 8.78 Å². The number of ether oxygens (including phenoxy) is 1. The van der Waals surface area contributed by atoms with Crippen LogP contribution in [0.25, 0.3) is 5.69 Å². The highest BCUT2D eigenvalue weighted by molar-refractivity contribution is 8.00. The topological polar surface area (TPSA) is 68.5 Å². The Kier molecular flexibility index (Phi) is 7.01. The summed E-state index contributed by atoms with van der Waals surface area (Å²) in [5.41, 5.74) is 2.87. The normalized spacial score (nSPS) is 12.2. The lowest BCUT2D eigenvalue weighted by Gasteiger charge is -2.12. The van der Waals surface area contributed by atoms with Gasteiger partial charge < -0.3 is 14.4 Å². The van der Waals surface area contributed by atoms with Crippen molar-refractivity contribution in [1.29, 1.82) is 0 Å². The number of nitrogens with zero attached hydrogens (tertiary/aromatic N) is 1. The summed E-state index contributed by atoms with van der Waals surface area (Å²) in [6, 6.07) is 7.99. The molecule has 0 unspecified atom stereocenters. The third-order valence-electron chi connectivity index (χ3n) is 4.07. The van der Waals surface area contributed by atoms with Gasteiger partial charge in [0.15, 0.2) is 5.78 Å². The van der Waals surface area contributed by atoms with Crippen LogP contribution < -0.4 is 4.74 Å². The SMILES string of the molecule is Cc1cc(C(=O)[C@@H](C)SCCC(=O)O)c(C)n1-c1ccc(OC(F)F)cc1. The number of carboxylic acids is 1. The summed E-state index contributed by atoms with van der Waals surface area (Å²) in [6.45, 7) is 2.56. The molecule has 1 N–H and O–H groups in total. The third kappa shape index (κ3) is 5.32. The molecule has 0 bridgehead atoms. The zero-order chi connectivity index (χ0) is 20.1. The molecule has 5 nitrogen and oxygen atoms in total. The van der Waals surface area contributed by atoms with Gasteiger partial charge in [0.05, 0.1) is 11.7 Å². The van der Waals surface area contributed by atoms with Crippen LogP contribution in [0.1, 0.15) is 35.1 Å². The summed E-state index contributed by atoms with van der Waals surface area (Å²) in [6.07, 6.45) is 0.00828. The predicted molar refractivity (Wildman–Crippen MR) is 100 cm³/mol. The molecule has 27 heavy (non-hydrogen) atoms. The van der Waals surface area contributed by atoms with Crippen molar-refractivity contribution in [1.82, 2.24) is 4.57 Å². The van der Waals surface area contributed by atoms with Crippen molar-refractivity contribution in [2.45, 2.75) is 39.1 Å². The number of carbonyl (C=O) groups is 2. The Morgan fingerprint density at radius 3 is 2.41 bits per heavy atom. The molecule has 1 atom stereocenters. The van der Waals surface area contributed by atoms with Crippen LogP contribution in [0.4, 0.5) is 8.78 Å². The Balaban J connectivity index is 2.20. The maximum atomic E-state index is 12.7. The molecule has 0 aliphatic carbocycles. The molecule has 0 radical (unpaired) electrons. The van der Waals surface area contributed by atoms with Crippen LogP contribution in [0.3, 0.4) is 0 Å². The Labute approximate surface area is 160 Å². The highest BCUT2D eigenvalue weighted by atomic mass is 32.2. The second-order valence-corrected chi connectivity index (χ2v) is 7.46. The van der Waals surface area contributed by atoms with Gasteiger partial charge in [0.2, 0.25) is 0 Å². The minimum atomic E-state index is -2.88. The summed E-state index contributed by atoms with van der Waals surface area (Å²) in [7, 11) is 0. The van der Waals surface area contributed by atoms with E-state index in [0.29, 0.717) is 11.3 Å². The van der Waals surface area contributed by atoms with Gasteiger partial charge in [0.1, 0.15) is 5.75 Å². The van der Waals surface area contributed by atoms with Crippen molar-refractivity contribution in [3.8, 4) is 11.4 Å². The molecule has 0 saturated carbocycles. The van der Waals surface area contributed by atoms with E-state index < -0.39 is 12.6 Å². The number of alkyl halides is 2. The molecule has 0 fully saturated rings. The maximum Gasteiger partial charge on any atom is 0.387 e. The zero-order valence-corrected chi connectivity index (χ0v) is 16.1. The molecule has 0 amide bonds. The van der Waals surface area contributed by atoms with Crippen molar-refractivity contribution < 1.29 is 28.2 Å². The minimum absolute atomic E-state index is 0.00828. The quantitative estimate of drug-likeness (QED) is 0.632. The average molecular weight is 397 g/mol. The second kappa shape index (κ2) is 9.03. The van der Waals surface area contributed by atoms with Crippen molar-refractivity contribution in [2.24, 2.45) is 0 Å². The number of halogens is 2. The smallest absolute Gasteiger partial charge is 0.387 e. The lowest BCUT2D eigenvalue weighted by molar-refractivity contribution is -0.136. The Morgan fingerprint density at radius 1 is 1.22 bits per heavy atom. The molecular formula is C19H21F2NO4S. The van der Waals surface area contributed by atoms with Crippen LogP contribution in [-0.4, -0.2) is 39.0 Å². The monoisotopic (exact) mass is 397 g/mol. The third-order valence-corrected chi connectivity index (χ3v) is 5.22. The number of carboxylic acid groups (broad SMARTS) is 1. The van der Waals surface area contributed by atoms with Crippen molar-refractivity contribution >= 4 is 23.5 Å². The van der Waals surface area contributed by atoms with E-state index in [9.17, 15) is 18.4 Å². The molecule has 2 rings (SSSR count). The number of carbonyl (C=O) groups excluding carboxylic acids is 1. The lowest BCUT2D eigenvalue weighted by atomic mass is 10.1. The van der Waals surface area contributed by atoms with Gasteiger partial charge in [0, 0.05) is 28.4 Å². The number of Topliss-reactive ketones (excluding diaryl/α,β-unsaturated/α-hetero) is 1. The van der Waals surface area contributed by atoms with Gasteiger partial charge in [-0.25, -0.2) is 0 Å². The highest BCUT2D eigenvalue weighted by Crippen LogP contribution is 2.26. The Bertz CT molecular complexity index is 818. The number of hydrogen-bond acceptors (Lipinski definition) is 4. The predicted octanol–water partition coefficient (Wildman–Crippen LogP) is 4.47. The number of hydrogen-bond donors (Lipinski definition) is 1. The zero-order valence-electron chi connectivity index (χ0n) is 15.2. The summed E-state index contributed by atoms with van der Waals surface area (Å²) >= 11 is 1.31. The average Bonchev–Trinajstić information content (AvgIpc) is 2.88. The lowest BCUT2D eigenvalue weighted by Crippen LogP contribution is -2.15. The molecule has 1 aromatic carbocycles. The molecule has 1 aromatic heterocycles. The number of thioether (sulfide) groups is 1. The van der Waals surface area contributed by atoms with Gasteiger partial charge >= 0.3 is 12.6 Å². The van der Waals surface area contributed by atoms with Crippen LogP contribution in [0, 0.1) is 13.8 Å². The highest BCUT2D eigenvalue weighted by Gasteiger charge is 2.22. The fourth-order valence-corrected chi connectivity index (χ4v) is 3.73. The fourth-order valence-electron chi connectivity index (χ4n) is 2.80. The van der Waals surface area contributed by atoms with Crippen LogP contribution in [0.2, 0.25) is 0 Å². The van der Waals surface area contributed by atoms with Crippen LogP contribution in [-0.2, 0) is 4.79 Å². The van der Waals surface area contributed by atoms with E-state index in [-0.39, 0.29) is 23.2 Å². The van der Waals surface area contributed by atoms with E-state index in [1.54, 1.807) is 25.1 Å². The molecular weight excluding hydrogens is 376 g/mol. The molecule has 0 aliphatic heterocycles. The molecule has 8 heteroatoms. The Hall–Kier alpha value is -2.35. The molecule has 2 aromatic rings. The summed E-state index contributed by atoms with van der Waals surface area (Å²) in [5, 5.41) is 8.35. The number of ketones is 1. The van der Waals surface area contributed by atoms with Crippen molar-refractivity contribution in [2.75, 3.05) is 5.75 Å². The number of aryl methyl sites for hydroxylation is 1. The number of rotatable bonds is 9. The number of aliphatic carboxylic acids is 1. The maximum absolute atomic E-state index is 12.7. The second-order valence-electron chi connectivity index (χ2n) is 6.01. The first-order chi connectivity index (χ1) is 12.7. The van der Waals surface area contributed by atoms with E-state index in [0.717, 1.165) is 17.1 Å². The van der Waals surface area contributed by atoms with Gasteiger partial charge in [-0.15, -0.1) is 11.8 Å².